The van der Waals surface area contributed by atoms with E-state index in [4.69, 9.17) is 4.84 Å². The zero-order valence-electron chi connectivity index (χ0n) is 9.75. The van der Waals surface area contributed by atoms with Crippen molar-refractivity contribution in [3.8, 4) is 0 Å². The summed E-state index contributed by atoms with van der Waals surface area (Å²) in [7, 11) is 2.67. The Morgan fingerprint density at radius 1 is 1.39 bits per heavy atom. The van der Waals surface area contributed by atoms with Crippen molar-refractivity contribution >= 4 is 22.6 Å². The van der Waals surface area contributed by atoms with Crippen molar-refractivity contribution in [1.29, 1.82) is 0 Å². The smallest absolute Gasteiger partial charge is 0.340 e. The maximum atomic E-state index is 11.6. The number of ether oxygens (including phenoxy) is 1. The van der Waals surface area contributed by atoms with Gasteiger partial charge < -0.3 is 9.57 Å². The van der Waals surface area contributed by atoms with Gasteiger partial charge in [0, 0.05) is 17.5 Å². The third-order valence-corrected chi connectivity index (χ3v) is 2.57. The molecule has 0 aliphatic rings. The van der Waals surface area contributed by atoms with E-state index >= 15 is 0 Å². The topological polar surface area (TPSA) is 83.6 Å². The number of hydrogen-bond acceptors (Lipinski definition) is 5. The molecular formula is C11H10N2O5. The Hall–Kier alpha value is -2.57. The van der Waals surface area contributed by atoms with Crippen LogP contribution < -0.4 is 4.84 Å². The van der Waals surface area contributed by atoms with Gasteiger partial charge in [-0.15, -0.1) is 0 Å². The quantitative estimate of drug-likeness (QED) is 0.467. The molecule has 0 aliphatic heterocycles. The van der Waals surface area contributed by atoms with Crippen LogP contribution in [0.1, 0.15) is 10.4 Å². The molecule has 0 amide bonds. The molecule has 0 unspecified atom stereocenters. The first kappa shape index (κ1) is 11.9. The number of hydrogen-bond donors (Lipinski definition) is 0. The summed E-state index contributed by atoms with van der Waals surface area (Å²) in [4.78, 5) is 26.8. The summed E-state index contributed by atoms with van der Waals surface area (Å²) in [6, 6.07) is 4.16. The molecule has 0 atom stereocenters. The number of aromatic nitrogens is 1. The van der Waals surface area contributed by atoms with Crippen molar-refractivity contribution in [3.05, 3.63) is 40.1 Å². The molecule has 1 aromatic heterocycles. The maximum Gasteiger partial charge on any atom is 0.340 e. The normalized spacial score (nSPS) is 10.3. The molecule has 0 fully saturated rings. The van der Waals surface area contributed by atoms with E-state index in [0.717, 1.165) is 0 Å². The fourth-order valence-corrected chi connectivity index (χ4v) is 1.72. The largest absolute Gasteiger partial charge is 0.465 e. The number of rotatable bonds is 3. The molecule has 0 saturated carbocycles. The average Bonchev–Trinajstić information content (AvgIpc) is 2.75. The Kier molecular flexibility index (Phi) is 2.88. The van der Waals surface area contributed by atoms with Crippen LogP contribution in [0.3, 0.4) is 0 Å². The maximum absolute atomic E-state index is 11.6. The molecule has 0 bridgehead atoms. The summed E-state index contributed by atoms with van der Waals surface area (Å²) in [5, 5.41) is 11.2. The van der Waals surface area contributed by atoms with Crippen LogP contribution >= 0.6 is 0 Å². The zero-order chi connectivity index (χ0) is 13.3. The zero-order valence-corrected chi connectivity index (χ0v) is 9.75. The van der Waals surface area contributed by atoms with Gasteiger partial charge in [0.2, 0.25) is 0 Å². The number of non-ortho nitro benzene ring substituents is 1. The van der Waals surface area contributed by atoms with Crippen molar-refractivity contribution in [2.45, 2.75) is 0 Å². The number of methoxy groups -OCH3 is 1. The number of carbonyl (C=O) groups is 1. The molecule has 18 heavy (non-hydrogen) atoms. The highest BCUT2D eigenvalue weighted by Crippen LogP contribution is 2.25. The Labute approximate surface area is 102 Å². The third kappa shape index (κ3) is 1.75. The van der Waals surface area contributed by atoms with Gasteiger partial charge in [-0.2, -0.15) is 4.73 Å². The average molecular weight is 250 g/mol. The van der Waals surface area contributed by atoms with Gasteiger partial charge in [-0.3, -0.25) is 10.1 Å². The van der Waals surface area contributed by atoms with Crippen LogP contribution in [0.15, 0.2) is 24.4 Å². The number of nitrogens with zero attached hydrogens (tertiary/aromatic N) is 2. The first-order chi connectivity index (χ1) is 8.58. The van der Waals surface area contributed by atoms with Crippen LogP contribution in [0.4, 0.5) is 5.69 Å². The second-order valence-electron chi connectivity index (χ2n) is 3.50. The molecule has 0 radical (unpaired) electrons. The van der Waals surface area contributed by atoms with Crippen LogP contribution in [0.2, 0.25) is 0 Å². The lowest BCUT2D eigenvalue weighted by Gasteiger charge is -2.00. The van der Waals surface area contributed by atoms with Gasteiger partial charge in [0.05, 0.1) is 29.3 Å². The summed E-state index contributed by atoms with van der Waals surface area (Å²) in [5.41, 5.74) is 0.659. The van der Waals surface area contributed by atoms with E-state index in [1.54, 1.807) is 0 Å². The minimum absolute atomic E-state index is 0.0738. The molecule has 2 aromatic rings. The first-order valence-corrected chi connectivity index (χ1v) is 5.00. The van der Waals surface area contributed by atoms with E-state index in [2.05, 4.69) is 4.74 Å². The fraction of sp³-hybridized carbons (Fsp3) is 0.182. The SMILES string of the molecule is COC(=O)c1cn(OC)c2cc([N+](=O)[O-])ccc12. The summed E-state index contributed by atoms with van der Waals surface area (Å²) >= 11 is 0. The van der Waals surface area contributed by atoms with Gasteiger partial charge in [-0.25, -0.2) is 4.79 Å². The Morgan fingerprint density at radius 3 is 2.67 bits per heavy atom. The highest BCUT2D eigenvalue weighted by Gasteiger charge is 2.18. The van der Waals surface area contributed by atoms with E-state index < -0.39 is 10.9 Å². The Bertz CT molecular complexity index is 632. The number of nitro groups is 1. The summed E-state index contributed by atoms with van der Waals surface area (Å²) in [6.07, 6.45) is 1.43. The lowest BCUT2D eigenvalue weighted by Crippen LogP contribution is -2.04. The highest BCUT2D eigenvalue weighted by atomic mass is 16.6. The first-order valence-electron chi connectivity index (χ1n) is 5.00. The predicted molar refractivity (Wildman–Crippen MR) is 62.4 cm³/mol. The van der Waals surface area contributed by atoms with Crippen LogP contribution in [0.5, 0.6) is 0 Å². The van der Waals surface area contributed by atoms with E-state index in [0.29, 0.717) is 16.5 Å². The Morgan fingerprint density at radius 2 is 2.11 bits per heavy atom. The molecule has 94 valence electrons. The van der Waals surface area contributed by atoms with Crippen molar-refractivity contribution in [2.75, 3.05) is 14.2 Å². The van der Waals surface area contributed by atoms with Crippen LogP contribution in [-0.4, -0.2) is 29.8 Å². The molecular weight excluding hydrogens is 240 g/mol. The molecule has 2 rings (SSSR count). The number of esters is 1. The van der Waals surface area contributed by atoms with Crippen molar-refractivity contribution in [3.63, 3.8) is 0 Å². The van der Waals surface area contributed by atoms with E-state index in [1.807, 2.05) is 0 Å². The standard InChI is InChI=1S/C11H10N2O5/c1-17-11(14)9-6-12(18-2)10-5-7(13(15)16)3-4-8(9)10/h3-6H,1-2H3. The monoisotopic (exact) mass is 250 g/mol. The molecule has 1 heterocycles. The van der Waals surface area contributed by atoms with Gasteiger partial charge >= 0.3 is 5.97 Å². The number of nitro benzene ring substituents is 1. The number of benzene rings is 1. The highest BCUT2D eigenvalue weighted by molar-refractivity contribution is 6.04. The van der Waals surface area contributed by atoms with Gasteiger partial charge in [0.1, 0.15) is 7.11 Å². The molecule has 7 heteroatoms. The summed E-state index contributed by atoms with van der Waals surface area (Å²) in [5.74, 6) is -0.523. The van der Waals surface area contributed by atoms with E-state index in [-0.39, 0.29) is 5.69 Å². The fourth-order valence-electron chi connectivity index (χ4n) is 1.72. The van der Waals surface area contributed by atoms with Crippen molar-refractivity contribution in [2.24, 2.45) is 0 Å². The summed E-state index contributed by atoms with van der Waals surface area (Å²) in [6.45, 7) is 0. The molecule has 0 aliphatic carbocycles. The summed E-state index contributed by atoms with van der Waals surface area (Å²) < 4.78 is 5.92. The van der Waals surface area contributed by atoms with Crippen molar-refractivity contribution < 1.29 is 19.3 Å². The molecule has 0 spiro atoms. The van der Waals surface area contributed by atoms with Crippen LogP contribution in [0.25, 0.3) is 10.9 Å². The van der Waals surface area contributed by atoms with Crippen LogP contribution in [-0.2, 0) is 4.74 Å². The second-order valence-corrected chi connectivity index (χ2v) is 3.50. The predicted octanol–water partition coefficient (Wildman–Crippen LogP) is 1.39. The lowest BCUT2D eigenvalue weighted by atomic mass is 10.1. The van der Waals surface area contributed by atoms with Gasteiger partial charge in [0.15, 0.2) is 0 Å². The van der Waals surface area contributed by atoms with E-state index in [1.165, 1.54) is 43.3 Å². The minimum atomic E-state index is -0.523. The van der Waals surface area contributed by atoms with Gasteiger partial charge in [-0.05, 0) is 6.07 Å². The number of fused-ring (bicyclic) bond motifs is 1. The van der Waals surface area contributed by atoms with Gasteiger partial charge in [-0.1, -0.05) is 0 Å². The van der Waals surface area contributed by atoms with Crippen LogP contribution in [0, 0.1) is 10.1 Å². The molecule has 0 saturated heterocycles. The van der Waals surface area contributed by atoms with Gasteiger partial charge in [0.25, 0.3) is 5.69 Å². The molecule has 0 N–H and O–H groups in total. The Balaban J connectivity index is 2.71. The lowest BCUT2D eigenvalue weighted by molar-refractivity contribution is -0.384. The van der Waals surface area contributed by atoms with E-state index in [9.17, 15) is 14.9 Å². The minimum Gasteiger partial charge on any atom is -0.465 e. The number of carbonyl (C=O) groups excluding carboxylic acids is 1. The van der Waals surface area contributed by atoms with Crippen molar-refractivity contribution in [1.82, 2.24) is 4.73 Å². The molecule has 1 aromatic carbocycles. The molecule has 7 nitrogen and oxygen atoms in total. The third-order valence-electron chi connectivity index (χ3n) is 2.57. The second kappa shape index (κ2) is 4.36.